The van der Waals surface area contributed by atoms with Crippen molar-refractivity contribution in [1.82, 2.24) is 4.98 Å². The molecule has 1 heterocycles. The Morgan fingerprint density at radius 3 is 2.62 bits per heavy atom. The second kappa shape index (κ2) is 3.56. The number of nitrogens with one attached hydrogen (secondary N) is 1. The van der Waals surface area contributed by atoms with Gasteiger partial charge in [0.15, 0.2) is 0 Å². The highest BCUT2D eigenvalue weighted by molar-refractivity contribution is 6.06. The van der Waals surface area contributed by atoms with Crippen molar-refractivity contribution in [3.8, 4) is 0 Å². The van der Waals surface area contributed by atoms with Crippen molar-refractivity contribution in [2.45, 2.75) is 13.8 Å². The van der Waals surface area contributed by atoms with E-state index in [9.17, 15) is 4.39 Å². The molecule has 0 saturated carbocycles. The van der Waals surface area contributed by atoms with Crippen LogP contribution in [0.3, 0.4) is 0 Å². The molecule has 0 unspecified atom stereocenters. The van der Waals surface area contributed by atoms with E-state index < -0.39 is 5.82 Å². The molecule has 0 aliphatic carbocycles. The van der Waals surface area contributed by atoms with Crippen LogP contribution in [-0.2, 0) is 0 Å². The van der Waals surface area contributed by atoms with Gasteiger partial charge >= 0.3 is 0 Å². The quantitative estimate of drug-likeness (QED) is 0.568. The van der Waals surface area contributed by atoms with Crippen LogP contribution in [0.1, 0.15) is 16.8 Å². The molecule has 3 N–H and O–H groups in total. The lowest BCUT2D eigenvalue weighted by Gasteiger charge is -2.08. The first-order valence-corrected chi connectivity index (χ1v) is 4.91. The predicted molar refractivity (Wildman–Crippen MR) is 62.2 cm³/mol. The fourth-order valence-electron chi connectivity index (χ4n) is 1.83. The van der Waals surface area contributed by atoms with Gasteiger partial charge in [-0.2, -0.15) is 0 Å². The summed E-state index contributed by atoms with van der Waals surface area (Å²) in [6.07, 6.45) is 0. The molecule has 0 saturated heterocycles. The molecule has 2 rings (SSSR count). The number of nitrogens with two attached hydrogens (primary N) is 1. The Morgan fingerprint density at radius 2 is 2.00 bits per heavy atom. The summed E-state index contributed by atoms with van der Waals surface area (Å²) in [5.41, 5.74) is 8.13. The van der Waals surface area contributed by atoms with Crippen LogP contribution in [-0.4, -0.2) is 10.8 Å². The number of fused-ring (bicyclic) bond motifs is 1. The average Bonchev–Trinajstić information content (AvgIpc) is 2.18. The zero-order valence-electron chi connectivity index (χ0n) is 9.13. The number of benzene rings is 1. The maximum absolute atomic E-state index is 13.4. The van der Waals surface area contributed by atoms with E-state index in [4.69, 9.17) is 11.1 Å². The molecule has 0 radical (unpaired) electrons. The first kappa shape index (κ1) is 10.5. The molecule has 0 atom stereocenters. The van der Waals surface area contributed by atoms with Crippen LogP contribution in [0.15, 0.2) is 18.2 Å². The molecule has 0 bridgehead atoms. The Balaban J connectivity index is 2.95. The van der Waals surface area contributed by atoms with Crippen molar-refractivity contribution < 1.29 is 4.39 Å². The van der Waals surface area contributed by atoms with Crippen LogP contribution >= 0.6 is 0 Å². The van der Waals surface area contributed by atoms with Crippen LogP contribution < -0.4 is 5.73 Å². The molecule has 0 fully saturated rings. The van der Waals surface area contributed by atoms with Gasteiger partial charge < -0.3 is 5.73 Å². The first-order chi connectivity index (χ1) is 7.49. The number of hydrogen-bond donors (Lipinski definition) is 2. The fourth-order valence-corrected chi connectivity index (χ4v) is 1.83. The second-order valence-electron chi connectivity index (χ2n) is 3.84. The van der Waals surface area contributed by atoms with Crippen molar-refractivity contribution in [2.24, 2.45) is 5.73 Å². The molecule has 1 aromatic heterocycles. The normalized spacial score (nSPS) is 10.7. The third-order valence-corrected chi connectivity index (χ3v) is 2.50. The molecular weight excluding hydrogens is 205 g/mol. The number of nitrogens with zero attached hydrogens (tertiary/aromatic N) is 1. The highest BCUT2D eigenvalue weighted by Crippen LogP contribution is 2.22. The van der Waals surface area contributed by atoms with E-state index in [0.717, 1.165) is 11.3 Å². The molecule has 2 aromatic rings. The molecule has 0 aliphatic rings. The molecule has 3 nitrogen and oxygen atoms in total. The fraction of sp³-hybridized carbons (Fsp3) is 0.167. The van der Waals surface area contributed by atoms with Crippen molar-refractivity contribution in [1.29, 1.82) is 5.41 Å². The molecule has 16 heavy (non-hydrogen) atoms. The number of hydrogen-bond acceptors (Lipinski definition) is 2. The summed E-state index contributed by atoms with van der Waals surface area (Å²) in [6.45, 7) is 3.75. The van der Waals surface area contributed by atoms with Gasteiger partial charge in [0.2, 0.25) is 0 Å². The number of amidine groups is 1. The van der Waals surface area contributed by atoms with E-state index in [1.165, 1.54) is 12.1 Å². The minimum atomic E-state index is -0.397. The highest BCUT2D eigenvalue weighted by Gasteiger charge is 2.10. The molecule has 1 aromatic carbocycles. The number of rotatable bonds is 1. The summed E-state index contributed by atoms with van der Waals surface area (Å²) in [7, 11) is 0. The lowest BCUT2D eigenvalue weighted by Crippen LogP contribution is -2.13. The molecule has 0 spiro atoms. The van der Waals surface area contributed by atoms with E-state index in [2.05, 4.69) is 4.98 Å². The van der Waals surface area contributed by atoms with Crippen molar-refractivity contribution >= 4 is 16.7 Å². The lowest BCUT2D eigenvalue weighted by atomic mass is 10.0. The Labute approximate surface area is 92.6 Å². The van der Waals surface area contributed by atoms with E-state index >= 15 is 0 Å². The summed E-state index contributed by atoms with van der Waals surface area (Å²) >= 11 is 0. The van der Waals surface area contributed by atoms with Gasteiger partial charge in [0.25, 0.3) is 0 Å². The highest BCUT2D eigenvalue weighted by atomic mass is 19.1. The molecule has 4 heteroatoms. The van der Waals surface area contributed by atoms with Gasteiger partial charge in [-0.3, -0.25) is 10.4 Å². The topological polar surface area (TPSA) is 62.8 Å². The SMILES string of the molecule is Cc1cc(C)c2cc(F)cc(C(=N)N)c2n1. The van der Waals surface area contributed by atoms with E-state index in [1.54, 1.807) is 0 Å². The van der Waals surface area contributed by atoms with Crippen LogP contribution in [0, 0.1) is 25.1 Å². The Kier molecular flexibility index (Phi) is 2.34. The van der Waals surface area contributed by atoms with Crippen molar-refractivity contribution in [2.75, 3.05) is 0 Å². The maximum atomic E-state index is 13.4. The summed E-state index contributed by atoms with van der Waals surface area (Å²) in [6, 6.07) is 4.55. The maximum Gasteiger partial charge on any atom is 0.125 e. The molecule has 82 valence electrons. The van der Waals surface area contributed by atoms with Gasteiger partial charge in [-0.25, -0.2) is 4.39 Å². The van der Waals surface area contributed by atoms with Crippen molar-refractivity contribution in [3.63, 3.8) is 0 Å². The smallest absolute Gasteiger partial charge is 0.125 e. The lowest BCUT2D eigenvalue weighted by molar-refractivity contribution is 0.629. The van der Waals surface area contributed by atoms with Crippen LogP contribution in [0.4, 0.5) is 4.39 Å². The zero-order chi connectivity index (χ0) is 11.9. The number of nitrogen functional groups attached to an aromatic ring is 1. The Bertz CT molecular complexity index is 590. The van der Waals surface area contributed by atoms with Gasteiger partial charge in [0.1, 0.15) is 11.7 Å². The van der Waals surface area contributed by atoms with E-state index in [-0.39, 0.29) is 5.84 Å². The van der Waals surface area contributed by atoms with E-state index in [0.29, 0.717) is 16.5 Å². The minimum Gasteiger partial charge on any atom is -0.384 e. The molecule has 0 aliphatic heterocycles. The summed E-state index contributed by atoms with van der Waals surface area (Å²) < 4.78 is 13.4. The van der Waals surface area contributed by atoms with Crippen LogP contribution in [0.2, 0.25) is 0 Å². The van der Waals surface area contributed by atoms with Gasteiger partial charge in [0, 0.05) is 16.6 Å². The standard InChI is InChI=1S/C12H12FN3/c1-6-3-7(2)16-11-9(6)4-8(13)5-10(11)12(14)15/h3-5H,1-2H3,(H3,14,15). The summed E-state index contributed by atoms with van der Waals surface area (Å²) in [5.74, 6) is -0.562. The minimum absolute atomic E-state index is 0.165. The third-order valence-electron chi connectivity index (χ3n) is 2.50. The van der Waals surface area contributed by atoms with Crippen LogP contribution in [0.5, 0.6) is 0 Å². The predicted octanol–water partition coefficient (Wildman–Crippen LogP) is 2.27. The zero-order valence-corrected chi connectivity index (χ0v) is 9.13. The first-order valence-electron chi connectivity index (χ1n) is 4.91. The molecular formula is C12H12FN3. The molecule has 0 amide bonds. The van der Waals surface area contributed by atoms with Gasteiger partial charge in [-0.15, -0.1) is 0 Å². The number of aromatic nitrogens is 1. The van der Waals surface area contributed by atoms with Crippen molar-refractivity contribution in [3.05, 3.63) is 40.8 Å². The monoisotopic (exact) mass is 217 g/mol. The summed E-state index contributed by atoms with van der Waals surface area (Å²) in [5, 5.41) is 8.13. The summed E-state index contributed by atoms with van der Waals surface area (Å²) in [4.78, 5) is 4.31. The number of pyridine rings is 1. The Hall–Kier alpha value is -1.97. The second-order valence-corrected chi connectivity index (χ2v) is 3.84. The number of halogens is 1. The van der Waals surface area contributed by atoms with Gasteiger partial charge in [-0.1, -0.05) is 0 Å². The third kappa shape index (κ3) is 1.62. The van der Waals surface area contributed by atoms with Gasteiger partial charge in [-0.05, 0) is 37.6 Å². The average molecular weight is 217 g/mol. The number of aryl methyl sites for hydroxylation is 2. The van der Waals surface area contributed by atoms with Gasteiger partial charge in [0.05, 0.1) is 5.52 Å². The Morgan fingerprint density at radius 1 is 1.31 bits per heavy atom. The van der Waals surface area contributed by atoms with Crippen LogP contribution in [0.25, 0.3) is 10.9 Å². The largest absolute Gasteiger partial charge is 0.384 e. The van der Waals surface area contributed by atoms with E-state index in [1.807, 2.05) is 19.9 Å².